The summed E-state index contributed by atoms with van der Waals surface area (Å²) in [5.41, 5.74) is 8.60. The van der Waals surface area contributed by atoms with Crippen molar-refractivity contribution >= 4 is 41.4 Å². The van der Waals surface area contributed by atoms with Crippen LogP contribution in [0.1, 0.15) is 137 Å². The van der Waals surface area contributed by atoms with Crippen LogP contribution < -0.4 is 30.7 Å². The minimum Gasteiger partial charge on any atom is -0.493 e. The van der Waals surface area contributed by atoms with Crippen LogP contribution >= 0.6 is 0 Å². The fourth-order valence-electron chi connectivity index (χ4n) is 11.0. The lowest BCUT2D eigenvalue weighted by Crippen LogP contribution is -2.46. The summed E-state index contributed by atoms with van der Waals surface area (Å²) in [6.07, 6.45) is 13.4. The number of rotatable bonds is 22. The first kappa shape index (κ1) is 51.9. The fraction of sp³-hybridized carbons (Fsp3) is 0.518. The average Bonchev–Trinajstić information content (AvgIpc) is 3.66. The van der Waals surface area contributed by atoms with Gasteiger partial charge < -0.3 is 39.7 Å². The minimum absolute atomic E-state index is 0.0190. The number of benzene rings is 2. The predicted octanol–water partition coefficient (Wildman–Crippen LogP) is 6.71. The maximum atomic E-state index is 14.3. The van der Waals surface area contributed by atoms with Crippen LogP contribution in [0.5, 0.6) is 5.75 Å². The van der Waals surface area contributed by atoms with Gasteiger partial charge in [0, 0.05) is 106 Å². The Hall–Kier alpha value is -6.39. The number of aromatic amines is 1. The Morgan fingerprint density at radius 3 is 2.40 bits per heavy atom. The number of aldehydes is 1. The zero-order valence-electron chi connectivity index (χ0n) is 42.6. The molecule has 0 saturated carbocycles. The molecule has 8 rings (SSSR count). The number of carbonyl (C=O) groups excluding carboxylic acids is 5. The first-order valence-electron chi connectivity index (χ1n) is 26.2. The number of nitrogens with one attached hydrogen (secondary N) is 3. The van der Waals surface area contributed by atoms with Crippen LogP contribution in [0.2, 0.25) is 0 Å². The molecule has 2 aromatic carbocycles. The number of aryl methyl sites for hydroxylation is 1. The summed E-state index contributed by atoms with van der Waals surface area (Å²) in [5, 5.41) is 5.65. The van der Waals surface area contributed by atoms with Gasteiger partial charge in [0.05, 0.1) is 23.8 Å². The van der Waals surface area contributed by atoms with Crippen LogP contribution in [0.4, 0.5) is 11.5 Å². The predicted molar refractivity (Wildman–Crippen MR) is 278 cm³/mol. The van der Waals surface area contributed by atoms with Crippen LogP contribution in [0, 0.1) is 13.8 Å². The molecule has 2 saturated heterocycles. The van der Waals surface area contributed by atoms with Crippen molar-refractivity contribution in [3.63, 3.8) is 0 Å². The number of piperazine rings is 1. The van der Waals surface area contributed by atoms with E-state index in [9.17, 15) is 28.8 Å². The third kappa shape index (κ3) is 11.8. The Morgan fingerprint density at radius 1 is 0.931 bits per heavy atom. The Kier molecular flexibility index (Phi) is 17.6. The van der Waals surface area contributed by atoms with E-state index in [2.05, 4.69) is 55.4 Å². The topological polar surface area (TPSA) is 187 Å². The van der Waals surface area contributed by atoms with Crippen molar-refractivity contribution < 1.29 is 33.4 Å². The maximum absolute atomic E-state index is 14.3. The summed E-state index contributed by atoms with van der Waals surface area (Å²) in [5.74, 6) is -0.315. The number of anilines is 2. The quantitative estimate of drug-likeness (QED) is 0.0430. The van der Waals surface area contributed by atoms with Gasteiger partial charge in [-0.2, -0.15) is 0 Å². The average molecular weight is 985 g/mol. The molecule has 72 heavy (non-hydrogen) atoms. The molecule has 5 heterocycles. The number of unbranched alkanes of at least 4 members (excludes halogenated alkanes) is 4. The number of hydrogen-bond acceptors (Lipinski definition) is 12. The largest absolute Gasteiger partial charge is 0.493 e. The van der Waals surface area contributed by atoms with Crippen LogP contribution in [-0.2, 0) is 33.7 Å². The number of amides is 4. The van der Waals surface area contributed by atoms with E-state index >= 15 is 0 Å². The molecule has 1 unspecified atom stereocenters. The van der Waals surface area contributed by atoms with E-state index in [1.165, 1.54) is 12.6 Å². The van der Waals surface area contributed by atoms with Gasteiger partial charge in [-0.1, -0.05) is 25.3 Å². The highest BCUT2D eigenvalue weighted by Crippen LogP contribution is 2.36. The smallest absolute Gasteiger partial charge is 0.265 e. The van der Waals surface area contributed by atoms with E-state index in [0.717, 1.165) is 154 Å². The zero-order chi connectivity index (χ0) is 50.7. The third-order valence-corrected chi connectivity index (χ3v) is 15.2. The van der Waals surface area contributed by atoms with Gasteiger partial charge in [0.1, 0.15) is 17.9 Å². The Balaban J connectivity index is 0.817. The van der Waals surface area contributed by atoms with Crippen molar-refractivity contribution in [2.24, 2.45) is 0 Å². The lowest BCUT2D eigenvalue weighted by Gasteiger charge is -2.37. The number of ether oxygens (including phenoxy) is 2. The van der Waals surface area contributed by atoms with Gasteiger partial charge >= 0.3 is 0 Å². The second kappa shape index (κ2) is 24.4. The van der Waals surface area contributed by atoms with Gasteiger partial charge in [-0.25, -0.2) is 4.98 Å². The van der Waals surface area contributed by atoms with Gasteiger partial charge in [0.15, 0.2) is 0 Å². The molecule has 4 amide bonds. The first-order valence-corrected chi connectivity index (χ1v) is 26.2. The van der Waals surface area contributed by atoms with E-state index in [4.69, 9.17) is 14.5 Å². The van der Waals surface area contributed by atoms with E-state index < -0.39 is 17.9 Å². The standard InChI is InChI=1S/C56H72N8O8/c1-5-63(41-22-30-71-31-23-41)48-33-40(32-46(37(48)2)53(67)59-35-47-44-15-10-9-14-43(44)38(3)60-54(47)68)39-18-20-50(58-34-39)62-27-25-61(26-28-62)24-11-7-6-8-12-29-72-49-17-13-16-45-52(49)56(70)64(55(45)69)42(36-65)19-21-51(66)57-4/h13,16-18,20,32-34,36,41-42H,5-12,14-15,19,21-31,35H2,1-4H3,(H,57,66)(H,59,67)(H,60,68). The Bertz CT molecular complexity index is 2650. The van der Waals surface area contributed by atoms with Crippen LogP contribution in [0.25, 0.3) is 11.1 Å². The van der Waals surface area contributed by atoms with Crippen LogP contribution in [0.3, 0.4) is 0 Å². The number of hydrogen-bond donors (Lipinski definition) is 3. The monoisotopic (exact) mass is 985 g/mol. The molecule has 2 fully saturated rings. The minimum atomic E-state index is -1.03. The highest BCUT2D eigenvalue weighted by molar-refractivity contribution is 6.23. The molecule has 0 radical (unpaired) electrons. The highest BCUT2D eigenvalue weighted by Gasteiger charge is 2.42. The van der Waals surface area contributed by atoms with Crippen molar-refractivity contribution in [1.82, 2.24) is 30.4 Å². The molecule has 4 aromatic rings. The van der Waals surface area contributed by atoms with Crippen molar-refractivity contribution in [3.05, 3.63) is 104 Å². The molecule has 3 aliphatic heterocycles. The molecule has 16 nitrogen and oxygen atoms in total. The number of nitrogens with zero attached hydrogens (tertiary/aromatic N) is 5. The van der Waals surface area contributed by atoms with E-state index in [-0.39, 0.29) is 47.9 Å². The molecular formula is C56H72N8O8. The Labute approximate surface area is 423 Å². The highest BCUT2D eigenvalue weighted by atomic mass is 16.5. The normalized spacial score (nSPS) is 16.6. The number of carbonyl (C=O) groups is 5. The van der Waals surface area contributed by atoms with Gasteiger partial charge in [0.2, 0.25) is 5.91 Å². The number of aromatic nitrogens is 2. The van der Waals surface area contributed by atoms with Gasteiger partial charge in [-0.3, -0.25) is 33.8 Å². The first-order chi connectivity index (χ1) is 35.0. The summed E-state index contributed by atoms with van der Waals surface area (Å²) in [4.78, 5) is 93.8. The number of pyridine rings is 2. The van der Waals surface area contributed by atoms with Gasteiger partial charge in [-0.15, -0.1) is 0 Å². The summed E-state index contributed by atoms with van der Waals surface area (Å²) in [6, 6.07) is 12.6. The summed E-state index contributed by atoms with van der Waals surface area (Å²) in [7, 11) is 1.49. The summed E-state index contributed by atoms with van der Waals surface area (Å²) >= 11 is 0. The molecule has 384 valence electrons. The van der Waals surface area contributed by atoms with E-state index in [0.29, 0.717) is 49.0 Å². The molecule has 0 bridgehead atoms. The van der Waals surface area contributed by atoms with Crippen molar-refractivity contribution in [2.45, 2.75) is 123 Å². The van der Waals surface area contributed by atoms with Crippen molar-refractivity contribution in [3.8, 4) is 16.9 Å². The molecule has 1 atom stereocenters. The SMILES string of the molecule is CCN(c1cc(-c2ccc(N3CCN(CCCCCCCOc4cccc5c4C(=O)N(C(C=O)CCC(=O)NC)C5=O)CC3)nc2)cc(C(=O)NCc2c3c(c(C)[nH]c2=O)CCCC3)c1C)C1CCOCC1. The molecule has 2 aromatic heterocycles. The molecule has 0 spiro atoms. The van der Waals surface area contributed by atoms with Gasteiger partial charge in [-0.05, 0) is 144 Å². The fourth-order valence-corrected chi connectivity index (χ4v) is 11.0. The zero-order valence-corrected chi connectivity index (χ0v) is 42.6. The second-order valence-electron chi connectivity index (χ2n) is 19.6. The summed E-state index contributed by atoms with van der Waals surface area (Å²) in [6.45, 7) is 13.7. The number of imide groups is 1. The molecule has 16 heteroatoms. The molecule has 3 N–H and O–H groups in total. The van der Waals surface area contributed by atoms with E-state index in [1.54, 1.807) is 18.2 Å². The molecule has 4 aliphatic rings. The molecule has 1 aliphatic carbocycles. The Morgan fingerprint density at radius 2 is 1.68 bits per heavy atom. The number of fused-ring (bicyclic) bond motifs is 2. The van der Waals surface area contributed by atoms with Crippen LogP contribution in [-0.4, -0.2) is 128 Å². The van der Waals surface area contributed by atoms with E-state index in [1.807, 2.05) is 26.1 Å². The lowest BCUT2D eigenvalue weighted by molar-refractivity contribution is -0.121. The number of H-pyrrole nitrogens is 1. The summed E-state index contributed by atoms with van der Waals surface area (Å²) < 4.78 is 11.7. The third-order valence-electron chi connectivity index (χ3n) is 15.2. The maximum Gasteiger partial charge on any atom is 0.265 e. The van der Waals surface area contributed by atoms with Crippen LogP contribution in [0.15, 0.2) is 53.5 Å². The lowest BCUT2D eigenvalue weighted by atomic mass is 9.88. The second-order valence-corrected chi connectivity index (χ2v) is 19.6. The molecular weight excluding hydrogens is 913 g/mol. The van der Waals surface area contributed by atoms with Crippen molar-refractivity contribution in [2.75, 3.05) is 75.9 Å². The van der Waals surface area contributed by atoms with Crippen molar-refractivity contribution in [1.29, 1.82) is 0 Å². The van der Waals surface area contributed by atoms with Gasteiger partial charge in [0.25, 0.3) is 23.3 Å².